The van der Waals surface area contributed by atoms with E-state index in [0.717, 1.165) is 5.56 Å². The number of nitrogens with one attached hydrogen (secondary N) is 1. The lowest BCUT2D eigenvalue weighted by Crippen LogP contribution is -2.48. The minimum atomic E-state index is -3.75. The van der Waals surface area contributed by atoms with E-state index in [2.05, 4.69) is 5.32 Å². The summed E-state index contributed by atoms with van der Waals surface area (Å²) in [5.74, 6) is -2.45. The summed E-state index contributed by atoms with van der Waals surface area (Å²) in [4.78, 5) is 12.4. The van der Waals surface area contributed by atoms with Gasteiger partial charge in [-0.25, -0.2) is 8.42 Å². The molecule has 2 aliphatic heterocycles. The number of sulfone groups is 1. The maximum Gasteiger partial charge on any atom is 0.252 e. The van der Waals surface area contributed by atoms with Gasteiger partial charge in [-0.2, -0.15) is 0 Å². The molecule has 0 bridgehead atoms. The van der Waals surface area contributed by atoms with Gasteiger partial charge in [0.15, 0.2) is 28.0 Å². The number of amides is 1. The Bertz CT molecular complexity index is 822. The van der Waals surface area contributed by atoms with E-state index in [0.29, 0.717) is 0 Å². The van der Waals surface area contributed by atoms with Crippen LogP contribution in [0.5, 0.6) is 0 Å². The summed E-state index contributed by atoms with van der Waals surface area (Å²) in [6, 6.07) is 6.26. The van der Waals surface area contributed by atoms with Crippen LogP contribution in [0.3, 0.4) is 0 Å². The molecule has 9 nitrogen and oxygen atoms in total. The summed E-state index contributed by atoms with van der Waals surface area (Å²) in [5.41, 5.74) is 0.917. The lowest BCUT2D eigenvalue weighted by Gasteiger charge is -2.25. The average molecular weight is 415 g/mol. The largest absolute Gasteiger partial charge is 0.380 e. The van der Waals surface area contributed by atoms with Gasteiger partial charge in [0.1, 0.15) is 24.2 Å². The highest BCUT2D eigenvalue weighted by Gasteiger charge is 2.58. The maximum atomic E-state index is 12.4. The number of ether oxygens (including phenoxy) is 4. The number of carbonyl (C=O) groups excluding carboxylic acids is 1. The molecule has 3 rings (SSSR count). The predicted octanol–water partition coefficient (Wildman–Crippen LogP) is 0.0947. The van der Waals surface area contributed by atoms with Crippen LogP contribution in [0.2, 0.25) is 0 Å². The van der Waals surface area contributed by atoms with Gasteiger partial charge in [-0.1, -0.05) is 17.7 Å². The summed E-state index contributed by atoms with van der Waals surface area (Å²) in [6.45, 7) is 5.25. The minimum Gasteiger partial charge on any atom is -0.380 e. The van der Waals surface area contributed by atoms with Crippen LogP contribution in [0.1, 0.15) is 19.4 Å². The Morgan fingerprint density at radius 3 is 2.46 bits per heavy atom. The molecule has 2 fully saturated rings. The van der Waals surface area contributed by atoms with Crippen molar-refractivity contribution in [3.8, 4) is 0 Å². The van der Waals surface area contributed by atoms with Crippen molar-refractivity contribution in [2.75, 3.05) is 13.0 Å². The molecule has 2 aliphatic rings. The highest BCUT2D eigenvalue weighted by molar-refractivity contribution is 7.91. The van der Waals surface area contributed by atoms with Crippen LogP contribution in [0, 0.1) is 6.92 Å². The molecule has 156 valence electrons. The van der Waals surface area contributed by atoms with E-state index in [1.54, 1.807) is 26.0 Å². The molecule has 2 saturated heterocycles. The second-order valence-electron chi connectivity index (χ2n) is 7.33. The van der Waals surface area contributed by atoms with Crippen molar-refractivity contribution in [1.29, 1.82) is 0 Å². The molecule has 0 aromatic heterocycles. The zero-order valence-corrected chi connectivity index (χ0v) is 16.9. The van der Waals surface area contributed by atoms with Gasteiger partial charge >= 0.3 is 0 Å². The maximum absolute atomic E-state index is 12.4. The first-order valence-corrected chi connectivity index (χ1v) is 10.5. The summed E-state index contributed by atoms with van der Waals surface area (Å²) < 4.78 is 46.9. The minimum absolute atomic E-state index is 0.0822. The lowest BCUT2D eigenvalue weighted by atomic mass is 10.1. The smallest absolute Gasteiger partial charge is 0.252 e. The monoisotopic (exact) mass is 415 g/mol. The quantitative estimate of drug-likeness (QED) is 0.671. The summed E-state index contributed by atoms with van der Waals surface area (Å²) in [6.07, 6.45) is -4.86. The first-order valence-electron chi connectivity index (χ1n) is 8.83. The number of hydrogen-bond acceptors (Lipinski definition) is 8. The van der Waals surface area contributed by atoms with E-state index in [9.17, 15) is 18.3 Å². The third kappa shape index (κ3) is 4.22. The zero-order valence-electron chi connectivity index (χ0n) is 16.1. The van der Waals surface area contributed by atoms with E-state index < -0.39 is 58.1 Å². The molecular formula is C18H25NO8S. The second kappa shape index (κ2) is 7.69. The molecule has 5 atom stereocenters. The number of aliphatic hydroxyl groups excluding tert-OH is 1. The third-order valence-electron chi connectivity index (χ3n) is 4.68. The van der Waals surface area contributed by atoms with Crippen molar-refractivity contribution in [3.05, 3.63) is 29.8 Å². The topological polar surface area (TPSA) is 120 Å². The Hall–Kier alpha value is -1.56. The van der Waals surface area contributed by atoms with E-state index in [-0.39, 0.29) is 4.90 Å². The second-order valence-corrected chi connectivity index (χ2v) is 9.32. The number of carbonyl (C=O) groups is 1. The van der Waals surface area contributed by atoms with Crippen molar-refractivity contribution >= 4 is 15.7 Å². The molecule has 1 aromatic carbocycles. The molecule has 0 saturated carbocycles. The van der Waals surface area contributed by atoms with Crippen LogP contribution in [0.25, 0.3) is 0 Å². The number of benzene rings is 1. The van der Waals surface area contributed by atoms with E-state index >= 15 is 0 Å². The number of fused-ring (bicyclic) bond motifs is 1. The molecule has 2 N–H and O–H groups in total. The number of rotatable bonds is 6. The number of methoxy groups -OCH3 is 1. The number of hydrogen-bond donors (Lipinski definition) is 2. The Balaban J connectivity index is 1.65. The average Bonchev–Trinajstić information content (AvgIpc) is 3.12. The fourth-order valence-corrected chi connectivity index (χ4v) is 4.33. The molecule has 0 aliphatic carbocycles. The van der Waals surface area contributed by atoms with Gasteiger partial charge in [0, 0.05) is 7.11 Å². The Morgan fingerprint density at radius 2 is 1.86 bits per heavy atom. The molecule has 1 unspecified atom stereocenters. The molecular weight excluding hydrogens is 390 g/mol. The predicted molar refractivity (Wildman–Crippen MR) is 96.9 cm³/mol. The van der Waals surface area contributed by atoms with E-state index in [4.69, 9.17) is 18.9 Å². The number of aryl methyl sites for hydroxylation is 1. The van der Waals surface area contributed by atoms with Crippen molar-refractivity contribution in [2.45, 2.75) is 62.2 Å². The van der Waals surface area contributed by atoms with Crippen LogP contribution < -0.4 is 5.32 Å². The van der Waals surface area contributed by atoms with E-state index in [1.807, 2.05) is 6.92 Å². The first kappa shape index (κ1) is 21.2. The summed E-state index contributed by atoms with van der Waals surface area (Å²) in [5, 5.41) is 12.7. The van der Waals surface area contributed by atoms with Crippen LogP contribution >= 0.6 is 0 Å². The van der Waals surface area contributed by atoms with Crippen molar-refractivity contribution in [2.24, 2.45) is 0 Å². The van der Waals surface area contributed by atoms with Gasteiger partial charge in [-0.15, -0.1) is 0 Å². The van der Waals surface area contributed by atoms with Crippen molar-refractivity contribution in [3.63, 3.8) is 0 Å². The molecule has 1 amide bonds. The third-order valence-corrected chi connectivity index (χ3v) is 6.19. The summed E-state index contributed by atoms with van der Waals surface area (Å²) in [7, 11) is -2.33. The Kier molecular flexibility index (Phi) is 5.81. The van der Waals surface area contributed by atoms with Crippen LogP contribution in [0.4, 0.5) is 0 Å². The lowest BCUT2D eigenvalue weighted by molar-refractivity contribution is -0.236. The SMILES string of the molecule is CO[C@H]1O[C@H](C(O)C(=O)NCS(=O)(=O)c2ccc(C)cc2)[C@@H]2OC(C)(C)O[C@H]12. The molecule has 28 heavy (non-hydrogen) atoms. The van der Waals surface area contributed by atoms with Gasteiger partial charge < -0.3 is 29.4 Å². The first-order chi connectivity index (χ1) is 13.0. The molecule has 2 heterocycles. The van der Waals surface area contributed by atoms with Gasteiger partial charge in [0.2, 0.25) is 0 Å². The molecule has 1 aromatic rings. The van der Waals surface area contributed by atoms with E-state index in [1.165, 1.54) is 19.2 Å². The number of aliphatic hydroxyl groups is 1. The van der Waals surface area contributed by atoms with Gasteiger partial charge in [0.25, 0.3) is 5.91 Å². The highest BCUT2D eigenvalue weighted by Crippen LogP contribution is 2.39. The Morgan fingerprint density at radius 1 is 1.25 bits per heavy atom. The van der Waals surface area contributed by atoms with Gasteiger partial charge in [-0.3, -0.25) is 4.79 Å². The van der Waals surface area contributed by atoms with Crippen LogP contribution in [-0.4, -0.2) is 68.9 Å². The zero-order chi connectivity index (χ0) is 20.7. The highest BCUT2D eigenvalue weighted by atomic mass is 32.2. The van der Waals surface area contributed by atoms with Crippen molar-refractivity contribution in [1.82, 2.24) is 5.32 Å². The summed E-state index contributed by atoms with van der Waals surface area (Å²) >= 11 is 0. The molecule has 0 radical (unpaired) electrons. The van der Waals surface area contributed by atoms with Crippen molar-refractivity contribution < 1.29 is 37.3 Å². The Labute approximate surface area is 163 Å². The fraction of sp³-hybridized carbons (Fsp3) is 0.611. The molecule has 10 heteroatoms. The normalized spacial score (nSPS) is 30.0. The molecule has 0 spiro atoms. The van der Waals surface area contributed by atoms with Gasteiger partial charge in [-0.05, 0) is 32.9 Å². The standard InChI is InChI=1S/C18H25NO8S/c1-10-5-7-11(8-6-10)28(22,23)9-19-16(21)12(20)13-14-15(17(24-4)25-13)27-18(2,3)26-14/h5-8,12-15,17,20H,9H2,1-4H3,(H,19,21)/t12?,13-,14+,15+,17+/m1/s1. The fourth-order valence-electron chi connectivity index (χ4n) is 3.28. The van der Waals surface area contributed by atoms with Crippen LogP contribution in [-0.2, 0) is 33.6 Å². The van der Waals surface area contributed by atoms with Crippen LogP contribution in [0.15, 0.2) is 29.2 Å². The van der Waals surface area contributed by atoms with Gasteiger partial charge in [0.05, 0.1) is 4.90 Å².